The van der Waals surface area contributed by atoms with Crippen molar-refractivity contribution in [1.82, 2.24) is 5.32 Å². The third-order valence-corrected chi connectivity index (χ3v) is 4.61. The first-order valence-electron chi connectivity index (χ1n) is 8.52. The number of anilines is 1. The quantitative estimate of drug-likeness (QED) is 0.732. The van der Waals surface area contributed by atoms with Crippen LogP contribution in [0.1, 0.15) is 35.1 Å². The molecule has 0 aliphatic carbocycles. The van der Waals surface area contributed by atoms with Gasteiger partial charge in [-0.25, -0.2) is 26.7 Å². The van der Waals surface area contributed by atoms with Crippen molar-refractivity contribution in [1.29, 1.82) is 0 Å². The predicted molar refractivity (Wildman–Crippen MR) is 94.2 cm³/mol. The monoisotopic (exact) mass is 413 g/mol. The molecular weight excluding hydrogens is 397 g/mol. The molecule has 0 bridgehead atoms. The number of urea groups is 1. The van der Waals surface area contributed by atoms with Crippen LogP contribution in [0.5, 0.6) is 0 Å². The second-order valence-corrected chi connectivity index (χ2v) is 6.53. The summed E-state index contributed by atoms with van der Waals surface area (Å²) in [7, 11) is 0. The SMILES string of the molecule is NC(=O)N[C@@H]1Cc2ccc(C(F)F)cc2N(Cc2cc(C(F)F)ccc2F)C1=O. The highest BCUT2D eigenvalue weighted by atomic mass is 19.3. The highest BCUT2D eigenvalue weighted by Crippen LogP contribution is 2.34. The van der Waals surface area contributed by atoms with Gasteiger partial charge in [0.1, 0.15) is 11.9 Å². The van der Waals surface area contributed by atoms with E-state index in [2.05, 4.69) is 5.32 Å². The number of fused-ring (bicyclic) bond motifs is 1. The van der Waals surface area contributed by atoms with Crippen LogP contribution < -0.4 is 16.0 Å². The molecule has 154 valence electrons. The molecule has 1 heterocycles. The summed E-state index contributed by atoms with van der Waals surface area (Å²) in [6.45, 7) is -0.484. The largest absolute Gasteiger partial charge is 0.352 e. The van der Waals surface area contributed by atoms with Crippen molar-refractivity contribution in [3.8, 4) is 0 Å². The average molecular weight is 413 g/mol. The van der Waals surface area contributed by atoms with E-state index in [9.17, 15) is 31.5 Å². The van der Waals surface area contributed by atoms with Crippen LogP contribution in [0.4, 0.5) is 32.4 Å². The lowest BCUT2D eigenvalue weighted by molar-refractivity contribution is -0.120. The molecule has 2 aromatic carbocycles. The summed E-state index contributed by atoms with van der Waals surface area (Å²) in [5.41, 5.74) is 4.60. The number of nitrogens with two attached hydrogens (primary N) is 1. The molecule has 1 aliphatic rings. The number of hydrogen-bond acceptors (Lipinski definition) is 2. The van der Waals surface area contributed by atoms with E-state index in [-0.39, 0.29) is 23.2 Å². The van der Waals surface area contributed by atoms with Gasteiger partial charge in [-0.3, -0.25) is 4.79 Å². The molecular formula is C19H16F5N3O2. The summed E-state index contributed by atoms with van der Waals surface area (Å²) in [5, 5.41) is 2.26. The zero-order chi connectivity index (χ0) is 21.3. The topological polar surface area (TPSA) is 75.4 Å². The molecule has 5 nitrogen and oxygen atoms in total. The van der Waals surface area contributed by atoms with Crippen molar-refractivity contribution in [2.45, 2.75) is 31.9 Å². The third-order valence-electron chi connectivity index (χ3n) is 4.61. The highest BCUT2D eigenvalue weighted by Gasteiger charge is 2.34. The molecule has 2 aromatic rings. The molecule has 0 radical (unpaired) electrons. The van der Waals surface area contributed by atoms with E-state index < -0.39 is 48.8 Å². The molecule has 0 unspecified atom stereocenters. The minimum Gasteiger partial charge on any atom is -0.352 e. The third kappa shape index (κ3) is 4.30. The summed E-state index contributed by atoms with van der Waals surface area (Å²) in [6.07, 6.45) is -5.66. The minimum atomic E-state index is -2.85. The van der Waals surface area contributed by atoms with Gasteiger partial charge in [0.25, 0.3) is 12.9 Å². The molecule has 3 amide bonds. The van der Waals surface area contributed by atoms with Gasteiger partial charge in [-0.2, -0.15) is 0 Å². The van der Waals surface area contributed by atoms with Crippen LogP contribution in [0.2, 0.25) is 0 Å². The number of hydrogen-bond donors (Lipinski definition) is 2. The second-order valence-electron chi connectivity index (χ2n) is 6.53. The number of primary amides is 1. The summed E-state index contributed by atoms with van der Waals surface area (Å²) < 4.78 is 66.4. The summed E-state index contributed by atoms with van der Waals surface area (Å²) in [4.78, 5) is 25.0. The van der Waals surface area contributed by atoms with Crippen LogP contribution in [-0.2, 0) is 17.8 Å². The Hall–Kier alpha value is -3.17. The van der Waals surface area contributed by atoms with Crippen molar-refractivity contribution in [3.63, 3.8) is 0 Å². The molecule has 10 heteroatoms. The van der Waals surface area contributed by atoms with E-state index in [0.29, 0.717) is 5.56 Å². The van der Waals surface area contributed by atoms with Gasteiger partial charge in [-0.1, -0.05) is 18.2 Å². The number of nitrogens with one attached hydrogen (secondary N) is 1. The van der Waals surface area contributed by atoms with Gasteiger partial charge in [0.2, 0.25) is 5.91 Å². The zero-order valence-electron chi connectivity index (χ0n) is 14.8. The number of alkyl halides is 4. The van der Waals surface area contributed by atoms with Gasteiger partial charge in [-0.15, -0.1) is 0 Å². The van der Waals surface area contributed by atoms with Crippen LogP contribution in [0.25, 0.3) is 0 Å². The van der Waals surface area contributed by atoms with E-state index in [1.54, 1.807) is 0 Å². The first kappa shape index (κ1) is 20.6. The van der Waals surface area contributed by atoms with E-state index in [0.717, 1.165) is 29.2 Å². The van der Waals surface area contributed by atoms with Crippen molar-refractivity contribution in [2.75, 3.05) is 4.90 Å². The van der Waals surface area contributed by atoms with Gasteiger partial charge in [0.15, 0.2) is 0 Å². The van der Waals surface area contributed by atoms with Crippen LogP contribution in [0.15, 0.2) is 36.4 Å². The van der Waals surface area contributed by atoms with Crippen LogP contribution in [0, 0.1) is 5.82 Å². The summed E-state index contributed by atoms with van der Waals surface area (Å²) >= 11 is 0. The maximum Gasteiger partial charge on any atom is 0.312 e. The molecule has 29 heavy (non-hydrogen) atoms. The van der Waals surface area contributed by atoms with Gasteiger partial charge in [-0.05, 0) is 23.8 Å². The smallest absolute Gasteiger partial charge is 0.312 e. The van der Waals surface area contributed by atoms with Gasteiger partial charge in [0, 0.05) is 28.8 Å². The van der Waals surface area contributed by atoms with Gasteiger partial charge >= 0.3 is 6.03 Å². The first-order valence-corrected chi connectivity index (χ1v) is 8.52. The Labute approximate surface area is 162 Å². The molecule has 0 fully saturated rings. The average Bonchev–Trinajstić information content (AvgIpc) is 2.65. The van der Waals surface area contributed by atoms with Crippen molar-refractivity contribution < 1.29 is 31.5 Å². The standard InChI is InChI=1S/C19H16F5N3O2/c20-13-4-3-10(16(21)22)5-12(13)8-27-15-7-11(17(23)24)2-1-9(15)6-14(18(27)28)26-19(25)29/h1-5,7,14,16-17H,6,8H2,(H3,25,26,29)/t14-/m1/s1. The number of nitrogens with zero attached hydrogens (tertiary/aromatic N) is 1. The van der Waals surface area contributed by atoms with E-state index in [1.807, 2.05) is 0 Å². The maximum atomic E-state index is 14.2. The van der Waals surface area contributed by atoms with Crippen LogP contribution in [0.3, 0.4) is 0 Å². The Kier molecular flexibility index (Phi) is 5.71. The Balaban J connectivity index is 2.05. The number of amides is 3. The Morgan fingerprint density at radius 3 is 2.34 bits per heavy atom. The lowest BCUT2D eigenvalue weighted by Crippen LogP contribution is -2.53. The summed E-state index contributed by atoms with van der Waals surface area (Å²) in [6, 6.07) is 4.25. The molecule has 0 saturated heterocycles. The Morgan fingerprint density at radius 2 is 1.72 bits per heavy atom. The summed E-state index contributed by atoms with van der Waals surface area (Å²) in [5.74, 6) is -1.55. The first-order chi connectivity index (χ1) is 13.7. The number of benzene rings is 2. The predicted octanol–water partition coefficient (Wildman–Crippen LogP) is 3.83. The fourth-order valence-electron chi connectivity index (χ4n) is 3.22. The number of rotatable bonds is 5. The minimum absolute atomic E-state index is 0.00329. The molecule has 1 aliphatic heterocycles. The lowest BCUT2D eigenvalue weighted by atomic mass is 9.94. The lowest BCUT2D eigenvalue weighted by Gasteiger charge is -2.35. The van der Waals surface area contributed by atoms with E-state index >= 15 is 0 Å². The molecule has 0 saturated carbocycles. The van der Waals surface area contributed by atoms with Crippen LogP contribution in [-0.4, -0.2) is 18.0 Å². The fraction of sp³-hybridized carbons (Fsp3) is 0.263. The molecule has 3 rings (SSSR count). The van der Waals surface area contributed by atoms with E-state index in [1.165, 1.54) is 12.1 Å². The van der Waals surface area contributed by atoms with Crippen molar-refractivity contribution in [3.05, 3.63) is 64.5 Å². The molecule has 1 atom stereocenters. The normalized spacial score (nSPS) is 16.3. The van der Waals surface area contributed by atoms with Crippen LogP contribution >= 0.6 is 0 Å². The number of carbonyl (C=O) groups excluding carboxylic acids is 2. The number of halogens is 5. The highest BCUT2D eigenvalue weighted by molar-refractivity contribution is 6.01. The molecule has 0 spiro atoms. The molecule has 0 aromatic heterocycles. The Morgan fingerprint density at radius 1 is 1.10 bits per heavy atom. The maximum absolute atomic E-state index is 14.2. The van der Waals surface area contributed by atoms with Gasteiger partial charge in [0.05, 0.1) is 6.54 Å². The van der Waals surface area contributed by atoms with E-state index in [4.69, 9.17) is 5.73 Å². The van der Waals surface area contributed by atoms with Gasteiger partial charge < -0.3 is 16.0 Å². The van der Waals surface area contributed by atoms with Crippen molar-refractivity contribution >= 4 is 17.6 Å². The molecule has 3 N–H and O–H groups in total. The van der Waals surface area contributed by atoms with Crippen molar-refractivity contribution in [2.24, 2.45) is 5.73 Å². The fourth-order valence-corrected chi connectivity index (χ4v) is 3.22. The Bertz CT molecular complexity index is 951. The zero-order valence-corrected chi connectivity index (χ0v) is 14.8. The number of carbonyl (C=O) groups is 2. The second kappa shape index (κ2) is 8.06.